The predicted octanol–water partition coefficient (Wildman–Crippen LogP) is 4.38. The van der Waals surface area contributed by atoms with E-state index < -0.39 is 11.7 Å². The summed E-state index contributed by atoms with van der Waals surface area (Å²) in [6.07, 6.45) is 0.541. The summed E-state index contributed by atoms with van der Waals surface area (Å²) in [7, 11) is 0. The average molecular weight is 494 g/mol. The van der Waals surface area contributed by atoms with Crippen molar-refractivity contribution in [3.63, 3.8) is 0 Å². The van der Waals surface area contributed by atoms with E-state index in [-0.39, 0.29) is 12.3 Å². The van der Waals surface area contributed by atoms with Gasteiger partial charge in [0.05, 0.1) is 5.52 Å². The predicted molar refractivity (Wildman–Crippen MR) is 132 cm³/mol. The number of aromatic nitrogens is 1. The van der Waals surface area contributed by atoms with Gasteiger partial charge in [0.25, 0.3) is 5.91 Å². The van der Waals surface area contributed by atoms with Gasteiger partial charge in [-0.15, -0.1) is 0 Å². The Morgan fingerprint density at radius 2 is 1.80 bits per heavy atom. The van der Waals surface area contributed by atoms with Crippen molar-refractivity contribution in [3.8, 4) is 5.75 Å². The van der Waals surface area contributed by atoms with E-state index in [2.05, 4.69) is 10.9 Å². The van der Waals surface area contributed by atoms with Gasteiger partial charge in [-0.2, -0.15) is 0 Å². The van der Waals surface area contributed by atoms with E-state index >= 15 is 0 Å². The van der Waals surface area contributed by atoms with Crippen molar-refractivity contribution in [2.24, 2.45) is 0 Å². The molecule has 3 aromatic carbocycles. The lowest BCUT2D eigenvalue weighted by Crippen LogP contribution is -2.41. The summed E-state index contributed by atoms with van der Waals surface area (Å²) in [5.74, 6) is -0.544. The van der Waals surface area contributed by atoms with Gasteiger partial charge >= 0.3 is 5.76 Å². The van der Waals surface area contributed by atoms with Gasteiger partial charge in [-0.05, 0) is 66.9 Å². The maximum atomic E-state index is 12.3. The largest absolute Gasteiger partial charge is 0.489 e. The van der Waals surface area contributed by atoms with Crippen LogP contribution in [0.1, 0.15) is 34.3 Å². The number of hydrogen-bond donors (Lipinski definition) is 2. The first-order valence-electron chi connectivity index (χ1n) is 11.1. The number of aryl methyl sites for hydroxylation is 2. The number of hydrazine groups is 1. The lowest BCUT2D eigenvalue weighted by Gasteiger charge is -2.10. The Morgan fingerprint density at radius 3 is 2.57 bits per heavy atom. The maximum absolute atomic E-state index is 12.3. The summed E-state index contributed by atoms with van der Waals surface area (Å²) in [5.41, 5.74) is 8.21. The number of halogens is 1. The summed E-state index contributed by atoms with van der Waals surface area (Å²) in [6.45, 7) is 2.58. The van der Waals surface area contributed by atoms with Crippen LogP contribution in [0.5, 0.6) is 5.75 Å². The van der Waals surface area contributed by atoms with E-state index in [9.17, 15) is 14.4 Å². The first-order chi connectivity index (χ1) is 16.9. The third-order valence-corrected chi connectivity index (χ3v) is 5.85. The Morgan fingerprint density at radius 1 is 1.03 bits per heavy atom. The van der Waals surface area contributed by atoms with Crippen LogP contribution in [0.3, 0.4) is 0 Å². The van der Waals surface area contributed by atoms with Crippen molar-refractivity contribution in [1.82, 2.24) is 15.4 Å². The summed E-state index contributed by atoms with van der Waals surface area (Å²) in [6, 6.07) is 19.4. The highest BCUT2D eigenvalue weighted by Crippen LogP contribution is 2.22. The van der Waals surface area contributed by atoms with Crippen LogP contribution in [-0.2, 0) is 17.9 Å². The molecule has 0 fully saturated rings. The average Bonchev–Trinajstić information content (AvgIpc) is 3.18. The van der Waals surface area contributed by atoms with E-state index in [1.165, 1.54) is 4.57 Å². The molecule has 8 nitrogen and oxygen atoms in total. The molecule has 0 unspecified atom stereocenters. The quantitative estimate of drug-likeness (QED) is 0.355. The number of oxazole rings is 1. The Bertz CT molecular complexity index is 1410. The molecule has 0 aliphatic rings. The second-order valence-electron chi connectivity index (χ2n) is 7.99. The summed E-state index contributed by atoms with van der Waals surface area (Å²) < 4.78 is 12.4. The van der Waals surface area contributed by atoms with E-state index in [0.717, 1.165) is 11.1 Å². The SMILES string of the molecule is Cc1cc(OCc2ccc(C(=O)NNC(=O)CCCn3c(=O)oc4ccccc43)cc2)ccc1Cl. The molecular weight excluding hydrogens is 470 g/mol. The number of carbonyl (C=O) groups is 2. The van der Waals surface area contributed by atoms with E-state index in [4.69, 9.17) is 20.8 Å². The zero-order chi connectivity index (χ0) is 24.8. The molecule has 0 spiro atoms. The molecule has 2 amide bonds. The molecule has 0 saturated carbocycles. The molecule has 0 atom stereocenters. The highest BCUT2D eigenvalue weighted by molar-refractivity contribution is 6.31. The first-order valence-corrected chi connectivity index (χ1v) is 11.4. The van der Waals surface area contributed by atoms with Crippen molar-refractivity contribution >= 4 is 34.5 Å². The van der Waals surface area contributed by atoms with E-state index in [1.807, 2.05) is 19.1 Å². The summed E-state index contributed by atoms with van der Waals surface area (Å²) >= 11 is 6.03. The molecule has 35 heavy (non-hydrogen) atoms. The van der Waals surface area contributed by atoms with Crippen LogP contribution in [0.25, 0.3) is 11.1 Å². The van der Waals surface area contributed by atoms with Crippen molar-refractivity contribution in [2.75, 3.05) is 0 Å². The number of benzene rings is 3. The second-order valence-corrected chi connectivity index (χ2v) is 8.40. The molecular formula is C26H24ClN3O5. The second kappa shape index (κ2) is 10.9. The standard InChI is InChI=1S/C26H24ClN3O5/c1-17-15-20(12-13-21(17)27)34-16-18-8-10-19(11-9-18)25(32)29-28-24(31)7-4-14-30-22-5-2-3-6-23(22)35-26(30)33/h2-3,5-6,8-13,15H,4,7,14,16H2,1H3,(H,28,31)(H,29,32). The van der Waals surface area contributed by atoms with E-state index in [1.54, 1.807) is 54.6 Å². The molecule has 4 rings (SSSR count). The zero-order valence-electron chi connectivity index (χ0n) is 19.0. The Labute approximate surface area is 206 Å². The normalized spacial score (nSPS) is 10.8. The molecule has 2 N–H and O–H groups in total. The molecule has 1 aromatic heterocycles. The van der Waals surface area contributed by atoms with Crippen LogP contribution in [-0.4, -0.2) is 16.4 Å². The molecule has 0 saturated heterocycles. The molecule has 4 aromatic rings. The molecule has 1 heterocycles. The number of nitrogens with one attached hydrogen (secondary N) is 2. The third kappa shape index (κ3) is 6.10. The van der Waals surface area contributed by atoms with Crippen molar-refractivity contribution in [3.05, 3.63) is 99.0 Å². The van der Waals surface area contributed by atoms with Gasteiger partial charge in [0.1, 0.15) is 12.4 Å². The maximum Gasteiger partial charge on any atom is 0.419 e. The topological polar surface area (TPSA) is 103 Å². The Kier molecular flexibility index (Phi) is 7.52. The van der Waals surface area contributed by atoms with Crippen LogP contribution in [0.15, 0.2) is 75.9 Å². The minimum atomic E-state index is -0.461. The highest BCUT2D eigenvalue weighted by atomic mass is 35.5. The van der Waals surface area contributed by atoms with Gasteiger partial charge in [0.2, 0.25) is 5.91 Å². The summed E-state index contributed by atoms with van der Waals surface area (Å²) in [4.78, 5) is 36.4. The van der Waals surface area contributed by atoms with Crippen LogP contribution >= 0.6 is 11.6 Å². The van der Waals surface area contributed by atoms with Crippen LogP contribution in [0.2, 0.25) is 5.02 Å². The molecule has 0 radical (unpaired) electrons. The molecule has 180 valence electrons. The number of carbonyl (C=O) groups excluding carboxylic acids is 2. The highest BCUT2D eigenvalue weighted by Gasteiger charge is 2.11. The lowest BCUT2D eigenvalue weighted by atomic mass is 10.1. The number of ether oxygens (including phenoxy) is 1. The molecule has 0 aliphatic carbocycles. The minimum absolute atomic E-state index is 0.132. The first kappa shape index (κ1) is 24.1. The molecule has 0 aliphatic heterocycles. The summed E-state index contributed by atoms with van der Waals surface area (Å²) in [5, 5.41) is 0.682. The minimum Gasteiger partial charge on any atom is -0.489 e. The number of hydrogen-bond acceptors (Lipinski definition) is 5. The Balaban J connectivity index is 1.21. The molecule has 9 heteroatoms. The van der Waals surface area contributed by atoms with E-state index in [0.29, 0.717) is 47.0 Å². The fraction of sp³-hybridized carbons (Fsp3) is 0.192. The van der Waals surface area contributed by atoms with Crippen molar-refractivity contribution in [2.45, 2.75) is 32.9 Å². The monoisotopic (exact) mass is 493 g/mol. The van der Waals surface area contributed by atoms with Gasteiger partial charge < -0.3 is 9.15 Å². The fourth-order valence-electron chi connectivity index (χ4n) is 3.51. The van der Waals surface area contributed by atoms with Crippen LogP contribution in [0.4, 0.5) is 0 Å². The number of nitrogens with zero attached hydrogens (tertiary/aromatic N) is 1. The number of fused-ring (bicyclic) bond motifs is 1. The Hall–Kier alpha value is -4.04. The lowest BCUT2D eigenvalue weighted by molar-refractivity contribution is -0.122. The van der Waals surface area contributed by atoms with Gasteiger partial charge in [0, 0.05) is 23.6 Å². The van der Waals surface area contributed by atoms with Gasteiger partial charge in [-0.1, -0.05) is 35.9 Å². The van der Waals surface area contributed by atoms with Crippen molar-refractivity contribution in [1.29, 1.82) is 0 Å². The smallest absolute Gasteiger partial charge is 0.419 e. The molecule has 0 bridgehead atoms. The zero-order valence-corrected chi connectivity index (χ0v) is 19.8. The fourth-order valence-corrected chi connectivity index (χ4v) is 3.63. The van der Waals surface area contributed by atoms with Crippen LogP contribution in [0, 0.1) is 6.92 Å². The van der Waals surface area contributed by atoms with Crippen LogP contribution < -0.4 is 21.3 Å². The number of rotatable bonds is 8. The van der Waals surface area contributed by atoms with Crippen molar-refractivity contribution < 1.29 is 18.7 Å². The van der Waals surface area contributed by atoms with Gasteiger partial charge in [0.15, 0.2) is 5.58 Å². The third-order valence-electron chi connectivity index (χ3n) is 5.43. The van der Waals surface area contributed by atoms with Gasteiger partial charge in [-0.3, -0.25) is 25.0 Å². The van der Waals surface area contributed by atoms with Gasteiger partial charge in [-0.25, -0.2) is 4.79 Å². The number of amides is 2. The number of para-hydroxylation sites is 2.